The number of alkyl halides is 3. The fourth-order valence-electron chi connectivity index (χ4n) is 1.75. The van der Waals surface area contributed by atoms with Crippen LogP contribution in [0, 0.1) is 17.1 Å². The highest BCUT2D eigenvalue weighted by Gasteiger charge is 2.30. The summed E-state index contributed by atoms with van der Waals surface area (Å²) in [5.74, 6) is -0.708. The van der Waals surface area contributed by atoms with Crippen LogP contribution in [0.2, 0.25) is 0 Å². The Morgan fingerprint density at radius 3 is 2.50 bits per heavy atom. The number of halogens is 4. The van der Waals surface area contributed by atoms with E-state index in [4.69, 9.17) is 10.4 Å². The third-order valence-corrected chi connectivity index (χ3v) is 2.61. The second-order valence-corrected chi connectivity index (χ2v) is 4.32. The van der Waals surface area contributed by atoms with Crippen molar-refractivity contribution in [2.75, 3.05) is 19.7 Å². The standard InChI is InChI=1S/C13H14F4N2O/c14-12-6-10(7-18)2-3-11(12)8-19(4-1-5-20)9-13(15,16)17/h2-3,6,20H,1,4-5,8-9H2. The molecule has 1 aromatic carbocycles. The SMILES string of the molecule is N#Cc1ccc(CN(CCCO)CC(F)(F)F)c(F)c1. The summed E-state index contributed by atoms with van der Waals surface area (Å²) in [5.41, 5.74) is 0.204. The van der Waals surface area contributed by atoms with Crippen LogP contribution in [0.3, 0.4) is 0 Å². The van der Waals surface area contributed by atoms with E-state index in [1.54, 1.807) is 6.07 Å². The van der Waals surface area contributed by atoms with E-state index in [9.17, 15) is 17.6 Å². The molecule has 1 aromatic rings. The summed E-state index contributed by atoms with van der Waals surface area (Å²) in [6.07, 6.45) is -4.22. The fourth-order valence-corrected chi connectivity index (χ4v) is 1.75. The molecular weight excluding hydrogens is 276 g/mol. The van der Waals surface area contributed by atoms with Crippen LogP contribution in [0.5, 0.6) is 0 Å². The molecule has 3 nitrogen and oxygen atoms in total. The first-order valence-electron chi connectivity index (χ1n) is 5.94. The Hall–Kier alpha value is -1.65. The van der Waals surface area contributed by atoms with Crippen LogP contribution in [-0.4, -0.2) is 35.9 Å². The van der Waals surface area contributed by atoms with Gasteiger partial charge in [0.15, 0.2) is 0 Å². The number of aliphatic hydroxyl groups is 1. The lowest BCUT2D eigenvalue weighted by molar-refractivity contribution is -0.147. The number of hydrogen-bond donors (Lipinski definition) is 1. The average Bonchev–Trinajstić information content (AvgIpc) is 2.36. The predicted octanol–water partition coefficient (Wildman–Crippen LogP) is 2.44. The van der Waals surface area contributed by atoms with Gasteiger partial charge in [-0.1, -0.05) is 6.07 Å². The third-order valence-electron chi connectivity index (χ3n) is 2.61. The first-order valence-corrected chi connectivity index (χ1v) is 5.94. The van der Waals surface area contributed by atoms with Gasteiger partial charge in [0.25, 0.3) is 0 Å². The minimum atomic E-state index is -4.39. The van der Waals surface area contributed by atoms with E-state index < -0.39 is 18.5 Å². The minimum absolute atomic E-state index is 0.00938. The van der Waals surface area contributed by atoms with Crippen molar-refractivity contribution in [2.24, 2.45) is 0 Å². The predicted molar refractivity (Wildman–Crippen MR) is 64.1 cm³/mol. The zero-order valence-electron chi connectivity index (χ0n) is 10.6. The Morgan fingerprint density at radius 2 is 2.00 bits per heavy atom. The van der Waals surface area contributed by atoms with E-state index in [1.165, 1.54) is 12.1 Å². The second-order valence-electron chi connectivity index (χ2n) is 4.32. The van der Waals surface area contributed by atoms with Gasteiger partial charge in [-0.05, 0) is 18.6 Å². The van der Waals surface area contributed by atoms with Crippen molar-refractivity contribution in [1.82, 2.24) is 4.90 Å². The van der Waals surface area contributed by atoms with Crippen molar-refractivity contribution in [1.29, 1.82) is 5.26 Å². The fraction of sp³-hybridized carbons (Fsp3) is 0.462. The number of rotatable bonds is 6. The molecule has 0 fully saturated rings. The Morgan fingerprint density at radius 1 is 1.30 bits per heavy atom. The van der Waals surface area contributed by atoms with Crippen LogP contribution in [-0.2, 0) is 6.54 Å². The highest BCUT2D eigenvalue weighted by Crippen LogP contribution is 2.19. The van der Waals surface area contributed by atoms with Crippen LogP contribution in [0.1, 0.15) is 17.5 Å². The third kappa shape index (κ3) is 5.55. The van der Waals surface area contributed by atoms with Gasteiger partial charge in [-0.15, -0.1) is 0 Å². The number of benzene rings is 1. The lowest BCUT2D eigenvalue weighted by Crippen LogP contribution is -2.35. The highest BCUT2D eigenvalue weighted by atomic mass is 19.4. The molecule has 0 unspecified atom stereocenters. The molecule has 0 aliphatic heterocycles. The molecule has 0 saturated heterocycles. The largest absolute Gasteiger partial charge is 0.401 e. The van der Waals surface area contributed by atoms with Crippen LogP contribution in [0.4, 0.5) is 17.6 Å². The average molecular weight is 290 g/mol. The quantitative estimate of drug-likeness (QED) is 0.819. The summed E-state index contributed by atoms with van der Waals surface area (Å²) < 4.78 is 50.9. The number of hydrogen-bond acceptors (Lipinski definition) is 3. The smallest absolute Gasteiger partial charge is 0.396 e. The summed E-state index contributed by atoms with van der Waals surface area (Å²) in [4.78, 5) is 1.01. The molecular formula is C13H14F4N2O. The van der Waals surface area contributed by atoms with Gasteiger partial charge in [0.2, 0.25) is 0 Å². The Labute approximate surface area is 114 Å². The molecule has 20 heavy (non-hydrogen) atoms. The Balaban J connectivity index is 2.81. The maximum Gasteiger partial charge on any atom is 0.401 e. The van der Waals surface area contributed by atoms with Crippen molar-refractivity contribution < 1.29 is 22.7 Å². The summed E-state index contributed by atoms with van der Waals surface area (Å²) in [5, 5.41) is 17.3. The van der Waals surface area contributed by atoms with Crippen LogP contribution >= 0.6 is 0 Å². The van der Waals surface area contributed by atoms with Crippen molar-refractivity contribution in [3.05, 3.63) is 35.1 Å². The molecule has 0 saturated carbocycles. The van der Waals surface area contributed by atoms with E-state index in [0.29, 0.717) is 0 Å². The van der Waals surface area contributed by atoms with Gasteiger partial charge in [0, 0.05) is 25.3 Å². The van der Waals surface area contributed by atoms with Crippen molar-refractivity contribution >= 4 is 0 Å². The maximum absolute atomic E-state index is 13.6. The van der Waals surface area contributed by atoms with Gasteiger partial charge in [0.1, 0.15) is 5.82 Å². The molecule has 0 bridgehead atoms. The summed E-state index contributed by atoms with van der Waals surface area (Å²) in [6, 6.07) is 5.41. The van der Waals surface area contributed by atoms with Crippen LogP contribution in [0.25, 0.3) is 0 Å². The van der Waals surface area contributed by atoms with E-state index in [1.807, 2.05) is 0 Å². The van der Waals surface area contributed by atoms with E-state index in [0.717, 1.165) is 11.0 Å². The van der Waals surface area contributed by atoms with Gasteiger partial charge >= 0.3 is 6.18 Å². The molecule has 0 amide bonds. The number of aliphatic hydroxyl groups excluding tert-OH is 1. The van der Waals surface area contributed by atoms with Gasteiger partial charge in [-0.25, -0.2) is 4.39 Å². The van der Waals surface area contributed by atoms with Crippen molar-refractivity contribution in [3.8, 4) is 6.07 Å². The van der Waals surface area contributed by atoms with Gasteiger partial charge < -0.3 is 5.11 Å². The zero-order chi connectivity index (χ0) is 15.2. The highest BCUT2D eigenvalue weighted by molar-refractivity contribution is 5.32. The zero-order valence-corrected chi connectivity index (χ0v) is 10.6. The molecule has 0 heterocycles. The molecule has 110 valence electrons. The molecule has 0 aliphatic carbocycles. The number of nitriles is 1. The lowest BCUT2D eigenvalue weighted by Gasteiger charge is -2.23. The Bertz CT molecular complexity index is 482. The second kappa shape index (κ2) is 7.22. The van der Waals surface area contributed by atoms with Gasteiger partial charge in [0.05, 0.1) is 18.2 Å². The van der Waals surface area contributed by atoms with Crippen LogP contribution in [0.15, 0.2) is 18.2 Å². The molecule has 0 atom stereocenters. The van der Waals surface area contributed by atoms with E-state index >= 15 is 0 Å². The molecule has 0 spiro atoms. The van der Waals surface area contributed by atoms with Crippen molar-refractivity contribution in [3.63, 3.8) is 0 Å². The summed E-state index contributed by atoms with van der Waals surface area (Å²) in [7, 11) is 0. The van der Waals surface area contributed by atoms with Crippen LogP contribution < -0.4 is 0 Å². The molecule has 1 rings (SSSR count). The van der Waals surface area contributed by atoms with E-state index in [-0.39, 0.29) is 37.2 Å². The lowest BCUT2D eigenvalue weighted by atomic mass is 10.1. The molecule has 1 N–H and O–H groups in total. The van der Waals surface area contributed by atoms with Crippen molar-refractivity contribution in [2.45, 2.75) is 19.1 Å². The summed E-state index contributed by atoms with van der Waals surface area (Å²) in [6.45, 7) is -1.62. The molecule has 0 aromatic heterocycles. The number of nitrogens with zero attached hydrogens (tertiary/aromatic N) is 2. The van der Waals surface area contributed by atoms with E-state index in [2.05, 4.69) is 0 Å². The molecule has 7 heteroatoms. The monoisotopic (exact) mass is 290 g/mol. The Kier molecular flexibility index (Phi) is 5.92. The van der Waals surface area contributed by atoms with Gasteiger partial charge in [-0.3, -0.25) is 4.90 Å². The molecule has 0 aliphatic rings. The molecule has 0 radical (unpaired) electrons. The first-order chi connectivity index (χ1) is 9.35. The summed E-state index contributed by atoms with van der Waals surface area (Å²) >= 11 is 0. The first kappa shape index (κ1) is 16.4. The topological polar surface area (TPSA) is 47.3 Å². The maximum atomic E-state index is 13.6. The van der Waals surface area contributed by atoms with Gasteiger partial charge in [-0.2, -0.15) is 18.4 Å². The minimum Gasteiger partial charge on any atom is -0.396 e. The normalized spacial score (nSPS) is 11.7.